The van der Waals surface area contributed by atoms with Crippen LogP contribution in [0.25, 0.3) is 10.8 Å². The maximum atomic E-state index is 12.6. The number of fused-ring (bicyclic) bond motifs is 1. The van der Waals surface area contributed by atoms with Gasteiger partial charge in [0.25, 0.3) is 0 Å². The van der Waals surface area contributed by atoms with E-state index in [1.54, 1.807) is 29.2 Å². The van der Waals surface area contributed by atoms with E-state index in [-0.39, 0.29) is 18.2 Å². The number of benzene rings is 3. The molecule has 0 aromatic heterocycles. The molecule has 1 fully saturated rings. The van der Waals surface area contributed by atoms with Crippen molar-refractivity contribution in [3.05, 3.63) is 72.3 Å². The van der Waals surface area contributed by atoms with Crippen LogP contribution in [0.4, 0.5) is 11.4 Å². The highest BCUT2D eigenvalue weighted by Gasteiger charge is 2.35. The van der Waals surface area contributed by atoms with Gasteiger partial charge in [-0.25, -0.2) is 0 Å². The van der Waals surface area contributed by atoms with Gasteiger partial charge in [0, 0.05) is 24.0 Å². The van der Waals surface area contributed by atoms with Crippen LogP contribution in [0.5, 0.6) is 0 Å². The van der Waals surface area contributed by atoms with Gasteiger partial charge in [0.05, 0.1) is 23.2 Å². The SMILES string of the molecule is N#Cc1ccc(NC(=O)[C@@H]2CC(=O)N(c3cccc4ccccc34)C2)cc1. The monoisotopic (exact) mass is 355 g/mol. The summed E-state index contributed by atoms with van der Waals surface area (Å²) < 4.78 is 0. The van der Waals surface area contributed by atoms with Crippen molar-refractivity contribution in [3.63, 3.8) is 0 Å². The van der Waals surface area contributed by atoms with Crippen LogP contribution in [0, 0.1) is 17.2 Å². The molecule has 3 aromatic carbocycles. The summed E-state index contributed by atoms with van der Waals surface area (Å²) in [6.07, 6.45) is 0.186. The van der Waals surface area contributed by atoms with E-state index in [0.29, 0.717) is 17.8 Å². The molecular formula is C22H17N3O2. The molecule has 0 saturated carbocycles. The zero-order chi connectivity index (χ0) is 18.8. The van der Waals surface area contributed by atoms with Gasteiger partial charge in [-0.2, -0.15) is 5.26 Å². The summed E-state index contributed by atoms with van der Waals surface area (Å²) in [7, 11) is 0. The molecule has 1 N–H and O–H groups in total. The summed E-state index contributed by atoms with van der Waals surface area (Å²) in [5.74, 6) is -0.644. The summed E-state index contributed by atoms with van der Waals surface area (Å²) >= 11 is 0. The predicted octanol–water partition coefficient (Wildman–Crippen LogP) is 3.70. The third kappa shape index (κ3) is 3.25. The molecule has 1 aliphatic heterocycles. The lowest BCUT2D eigenvalue weighted by Gasteiger charge is -2.19. The first-order chi connectivity index (χ1) is 13.2. The normalized spacial score (nSPS) is 16.3. The molecule has 1 atom stereocenters. The average Bonchev–Trinajstić information content (AvgIpc) is 3.10. The molecule has 1 heterocycles. The van der Waals surface area contributed by atoms with E-state index in [2.05, 4.69) is 5.32 Å². The Morgan fingerprint density at radius 2 is 1.78 bits per heavy atom. The molecule has 4 rings (SSSR count). The van der Waals surface area contributed by atoms with Gasteiger partial charge in [-0.05, 0) is 35.7 Å². The van der Waals surface area contributed by atoms with E-state index in [1.165, 1.54) is 0 Å². The lowest BCUT2D eigenvalue weighted by atomic mass is 10.1. The Morgan fingerprint density at radius 3 is 2.56 bits per heavy atom. The second kappa shape index (κ2) is 6.93. The van der Waals surface area contributed by atoms with Gasteiger partial charge in [-0.15, -0.1) is 0 Å². The van der Waals surface area contributed by atoms with Gasteiger partial charge >= 0.3 is 0 Å². The molecule has 0 spiro atoms. The number of nitriles is 1. The Bertz CT molecular complexity index is 1060. The molecule has 132 valence electrons. The summed E-state index contributed by atoms with van der Waals surface area (Å²) in [5, 5.41) is 13.7. The smallest absolute Gasteiger partial charge is 0.229 e. The molecule has 0 bridgehead atoms. The molecule has 27 heavy (non-hydrogen) atoms. The van der Waals surface area contributed by atoms with Crippen LogP contribution in [0.15, 0.2) is 66.7 Å². The molecule has 1 aliphatic rings. The average molecular weight is 355 g/mol. The Hall–Kier alpha value is -3.65. The Labute approximate surface area is 156 Å². The van der Waals surface area contributed by atoms with Crippen molar-refractivity contribution in [1.82, 2.24) is 0 Å². The largest absolute Gasteiger partial charge is 0.326 e. The number of carbonyl (C=O) groups is 2. The molecule has 0 aliphatic carbocycles. The fourth-order valence-electron chi connectivity index (χ4n) is 3.43. The van der Waals surface area contributed by atoms with Gasteiger partial charge in [0.1, 0.15) is 0 Å². The van der Waals surface area contributed by atoms with Crippen molar-refractivity contribution in [2.75, 3.05) is 16.8 Å². The minimum Gasteiger partial charge on any atom is -0.326 e. The molecular weight excluding hydrogens is 338 g/mol. The van der Waals surface area contributed by atoms with Gasteiger partial charge in [0.2, 0.25) is 11.8 Å². The maximum Gasteiger partial charge on any atom is 0.229 e. The molecule has 0 radical (unpaired) electrons. The second-order valence-corrected chi connectivity index (χ2v) is 6.58. The Balaban J connectivity index is 1.53. The van der Waals surface area contributed by atoms with Gasteiger partial charge in [-0.3, -0.25) is 9.59 Å². The number of rotatable bonds is 3. The quantitative estimate of drug-likeness (QED) is 0.778. The fourth-order valence-corrected chi connectivity index (χ4v) is 3.43. The summed E-state index contributed by atoms with van der Waals surface area (Å²) in [6, 6.07) is 22.5. The van der Waals surface area contributed by atoms with Crippen LogP contribution in [0.2, 0.25) is 0 Å². The molecule has 5 nitrogen and oxygen atoms in total. The van der Waals surface area contributed by atoms with Crippen LogP contribution in [0.1, 0.15) is 12.0 Å². The van der Waals surface area contributed by atoms with Crippen molar-refractivity contribution in [2.45, 2.75) is 6.42 Å². The summed E-state index contributed by atoms with van der Waals surface area (Å²) in [4.78, 5) is 26.9. The molecule has 5 heteroatoms. The van der Waals surface area contributed by atoms with Crippen LogP contribution in [0.3, 0.4) is 0 Å². The highest BCUT2D eigenvalue weighted by molar-refractivity contribution is 6.08. The third-order valence-electron chi connectivity index (χ3n) is 4.83. The zero-order valence-electron chi connectivity index (χ0n) is 14.6. The standard InChI is InChI=1S/C22H17N3O2/c23-13-15-8-10-18(11-9-15)24-22(27)17-12-21(26)25(14-17)20-7-3-5-16-4-1-2-6-19(16)20/h1-11,17H,12,14H2,(H,24,27)/t17-/m1/s1. The van der Waals surface area contributed by atoms with Gasteiger partial charge in [-0.1, -0.05) is 36.4 Å². The van der Waals surface area contributed by atoms with Crippen molar-refractivity contribution >= 4 is 34.0 Å². The number of hydrogen-bond acceptors (Lipinski definition) is 3. The van der Waals surface area contributed by atoms with Crippen LogP contribution in [-0.2, 0) is 9.59 Å². The second-order valence-electron chi connectivity index (χ2n) is 6.58. The van der Waals surface area contributed by atoms with Crippen LogP contribution < -0.4 is 10.2 Å². The number of hydrogen-bond donors (Lipinski definition) is 1. The van der Waals surface area contributed by atoms with Gasteiger partial charge in [0.15, 0.2) is 0 Å². The summed E-state index contributed by atoms with van der Waals surface area (Å²) in [6.45, 7) is 0.356. The molecule has 0 unspecified atom stereocenters. The van der Waals surface area contributed by atoms with Crippen LogP contribution >= 0.6 is 0 Å². The number of carbonyl (C=O) groups excluding carboxylic acids is 2. The zero-order valence-corrected chi connectivity index (χ0v) is 14.6. The lowest BCUT2D eigenvalue weighted by Crippen LogP contribution is -2.28. The van der Waals surface area contributed by atoms with Crippen molar-refractivity contribution in [1.29, 1.82) is 5.26 Å². The van der Waals surface area contributed by atoms with Crippen molar-refractivity contribution in [2.24, 2.45) is 5.92 Å². The van der Waals surface area contributed by atoms with Crippen LogP contribution in [-0.4, -0.2) is 18.4 Å². The number of anilines is 2. The number of nitrogens with one attached hydrogen (secondary N) is 1. The topological polar surface area (TPSA) is 73.2 Å². The van der Waals surface area contributed by atoms with E-state index in [0.717, 1.165) is 16.5 Å². The number of nitrogens with zero attached hydrogens (tertiary/aromatic N) is 2. The van der Waals surface area contributed by atoms with E-state index in [9.17, 15) is 9.59 Å². The first-order valence-corrected chi connectivity index (χ1v) is 8.75. The lowest BCUT2D eigenvalue weighted by molar-refractivity contribution is -0.122. The van der Waals surface area contributed by atoms with Crippen molar-refractivity contribution < 1.29 is 9.59 Å². The third-order valence-corrected chi connectivity index (χ3v) is 4.83. The minimum absolute atomic E-state index is 0.0497. The Kier molecular flexibility index (Phi) is 4.31. The van der Waals surface area contributed by atoms with Crippen molar-refractivity contribution in [3.8, 4) is 6.07 Å². The van der Waals surface area contributed by atoms with E-state index in [1.807, 2.05) is 48.5 Å². The number of amides is 2. The first-order valence-electron chi connectivity index (χ1n) is 8.75. The molecule has 3 aromatic rings. The predicted molar refractivity (Wildman–Crippen MR) is 104 cm³/mol. The minimum atomic E-state index is -0.410. The first kappa shape index (κ1) is 16.8. The van der Waals surface area contributed by atoms with Gasteiger partial charge < -0.3 is 10.2 Å². The highest BCUT2D eigenvalue weighted by atomic mass is 16.2. The molecule has 1 saturated heterocycles. The fraction of sp³-hybridized carbons (Fsp3) is 0.136. The van der Waals surface area contributed by atoms with E-state index < -0.39 is 5.92 Å². The van der Waals surface area contributed by atoms with E-state index >= 15 is 0 Å². The molecule has 2 amide bonds. The maximum absolute atomic E-state index is 12.6. The summed E-state index contributed by atoms with van der Waals surface area (Å²) in [5.41, 5.74) is 1.99. The highest BCUT2D eigenvalue weighted by Crippen LogP contribution is 2.32. The van der Waals surface area contributed by atoms with E-state index in [4.69, 9.17) is 5.26 Å². The Morgan fingerprint density at radius 1 is 1.04 bits per heavy atom.